The van der Waals surface area contributed by atoms with Crippen molar-refractivity contribution in [2.75, 3.05) is 36.5 Å². The van der Waals surface area contributed by atoms with Crippen LogP contribution < -0.4 is 15.5 Å². The number of nitrogens with one attached hydrogen (secondary N) is 3. The van der Waals surface area contributed by atoms with E-state index in [-0.39, 0.29) is 17.9 Å². The Morgan fingerprint density at radius 3 is 2.57 bits per heavy atom. The average molecular weight is 490 g/mol. The van der Waals surface area contributed by atoms with Crippen LogP contribution >= 0.6 is 11.3 Å². The molecule has 0 radical (unpaired) electrons. The van der Waals surface area contributed by atoms with Gasteiger partial charge in [-0.3, -0.25) is 14.7 Å². The van der Waals surface area contributed by atoms with Crippen molar-refractivity contribution < 1.29 is 14.3 Å². The van der Waals surface area contributed by atoms with E-state index in [9.17, 15) is 9.59 Å². The number of aromatic amines is 1. The number of hydrogen-bond acceptors (Lipinski definition) is 6. The van der Waals surface area contributed by atoms with Gasteiger partial charge < -0.3 is 20.3 Å². The molecule has 2 aromatic carbocycles. The molecule has 35 heavy (non-hydrogen) atoms. The summed E-state index contributed by atoms with van der Waals surface area (Å²) < 4.78 is 5.40. The molecule has 9 heteroatoms. The fourth-order valence-corrected chi connectivity index (χ4v) is 5.04. The van der Waals surface area contributed by atoms with Gasteiger partial charge >= 0.3 is 0 Å². The van der Waals surface area contributed by atoms with Crippen molar-refractivity contribution in [3.05, 3.63) is 76.0 Å². The lowest BCUT2D eigenvalue weighted by atomic mass is 10.1. The Kier molecular flexibility index (Phi) is 6.78. The lowest BCUT2D eigenvalue weighted by Crippen LogP contribution is -2.36. The van der Waals surface area contributed by atoms with E-state index in [0.717, 1.165) is 35.6 Å². The van der Waals surface area contributed by atoms with Gasteiger partial charge in [0.2, 0.25) is 0 Å². The first-order chi connectivity index (χ1) is 17.1. The third-order valence-corrected chi connectivity index (χ3v) is 7.15. The van der Waals surface area contributed by atoms with Crippen LogP contribution in [0.2, 0.25) is 0 Å². The van der Waals surface area contributed by atoms with Crippen molar-refractivity contribution in [2.45, 2.75) is 19.4 Å². The van der Waals surface area contributed by atoms with Gasteiger partial charge in [0.15, 0.2) is 5.82 Å². The molecule has 8 nitrogen and oxygen atoms in total. The number of ether oxygens (including phenoxy) is 1. The van der Waals surface area contributed by atoms with Crippen LogP contribution in [-0.4, -0.2) is 48.3 Å². The average Bonchev–Trinajstić information content (AvgIpc) is 3.58. The Morgan fingerprint density at radius 1 is 1.09 bits per heavy atom. The molecule has 3 N–H and O–H groups in total. The van der Waals surface area contributed by atoms with E-state index in [4.69, 9.17) is 4.74 Å². The number of benzene rings is 2. The van der Waals surface area contributed by atoms with Crippen LogP contribution in [0.15, 0.2) is 60.0 Å². The lowest BCUT2D eigenvalue weighted by molar-refractivity contribution is 0.0935. The molecule has 4 aromatic rings. The second-order valence-corrected chi connectivity index (χ2v) is 9.36. The maximum absolute atomic E-state index is 13.0. The highest BCUT2D eigenvalue weighted by Gasteiger charge is 2.18. The number of aromatic nitrogens is 2. The standard InChI is InChI=1S/C26H27N5O3S/c1-2-21(23-4-3-15-35-23)27-26(33)18-7-10-22-20(16-18)24(30-29-22)28-25(32)17-5-8-19(9-6-17)31-11-13-34-14-12-31/h3-10,15-16,21H,2,11-14H2,1H3,(H,27,33)(H2,28,29,30,32). The molecule has 1 aliphatic heterocycles. The van der Waals surface area contributed by atoms with Gasteiger partial charge in [0.05, 0.1) is 24.8 Å². The number of nitrogens with zero attached hydrogens (tertiary/aromatic N) is 2. The molecule has 1 fully saturated rings. The molecule has 1 unspecified atom stereocenters. The van der Waals surface area contributed by atoms with Crippen molar-refractivity contribution >= 4 is 45.6 Å². The Morgan fingerprint density at radius 2 is 1.86 bits per heavy atom. The zero-order valence-corrected chi connectivity index (χ0v) is 20.2. The molecule has 1 saturated heterocycles. The van der Waals surface area contributed by atoms with Gasteiger partial charge in [0.1, 0.15) is 0 Å². The maximum atomic E-state index is 13.0. The Balaban J connectivity index is 1.30. The highest BCUT2D eigenvalue weighted by Crippen LogP contribution is 2.25. The predicted octanol–water partition coefficient (Wildman–Crippen LogP) is 4.59. The van der Waals surface area contributed by atoms with E-state index in [2.05, 4.69) is 25.7 Å². The number of morpholine rings is 1. The Bertz CT molecular complexity index is 1310. The van der Waals surface area contributed by atoms with Crippen LogP contribution in [0.1, 0.15) is 45.0 Å². The normalized spacial score (nSPS) is 14.6. The zero-order chi connectivity index (χ0) is 24.2. The van der Waals surface area contributed by atoms with Gasteiger partial charge in [-0.15, -0.1) is 11.3 Å². The molecule has 0 bridgehead atoms. The second kappa shape index (κ2) is 10.3. The summed E-state index contributed by atoms with van der Waals surface area (Å²) in [6.45, 7) is 5.15. The molecule has 0 aliphatic carbocycles. The summed E-state index contributed by atoms with van der Waals surface area (Å²) >= 11 is 1.63. The van der Waals surface area contributed by atoms with Gasteiger partial charge in [-0.05, 0) is 60.3 Å². The van der Waals surface area contributed by atoms with E-state index in [0.29, 0.717) is 35.5 Å². The molecule has 180 valence electrons. The van der Waals surface area contributed by atoms with Crippen molar-refractivity contribution in [1.29, 1.82) is 0 Å². The SMILES string of the molecule is CCC(NC(=O)c1ccc2[nH]nc(NC(=O)c3ccc(N4CCOCC4)cc3)c2c1)c1cccs1. The third kappa shape index (κ3) is 5.06. The van der Waals surface area contributed by atoms with E-state index in [1.807, 2.05) is 48.7 Å². The molecule has 2 amide bonds. The molecular weight excluding hydrogens is 462 g/mol. The molecule has 1 atom stereocenters. The first kappa shape index (κ1) is 23.1. The summed E-state index contributed by atoms with van der Waals surface area (Å²) in [5, 5.41) is 15.9. The van der Waals surface area contributed by atoms with Gasteiger partial charge in [-0.25, -0.2) is 0 Å². The van der Waals surface area contributed by atoms with Gasteiger partial charge in [-0.2, -0.15) is 5.10 Å². The van der Waals surface area contributed by atoms with Crippen molar-refractivity contribution in [1.82, 2.24) is 15.5 Å². The van der Waals surface area contributed by atoms with Crippen LogP contribution in [0.25, 0.3) is 10.9 Å². The second-order valence-electron chi connectivity index (χ2n) is 8.38. The van der Waals surface area contributed by atoms with E-state index < -0.39 is 0 Å². The van der Waals surface area contributed by atoms with Gasteiger partial charge in [-0.1, -0.05) is 13.0 Å². The predicted molar refractivity (Wildman–Crippen MR) is 138 cm³/mol. The third-order valence-electron chi connectivity index (χ3n) is 6.16. The number of rotatable bonds is 7. The fourth-order valence-electron chi connectivity index (χ4n) is 4.18. The maximum Gasteiger partial charge on any atom is 0.256 e. The highest BCUT2D eigenvalue weighted by atomic mass is 32.1. The van der Waals surface area contributed by atoms with Gasteiger partial charge in [0.25, 0.3) is 11.8 Å². The van der Waals surface area contributed by atoms with E-state index in [1.165, 1.54) is 0 Å². The number of anilines is 2. The minimum absolute atomic E-state index is 0.0397. The minimum Gasteiger partial charge on any atom is -0.378 e. The minimum atomic E-state index is -0.259. The zero-order valence-electron chi connectivity index (χ0n) is 19.4. The van der Waals surface area contributed by atoms with Crippen molar-refractivity contribution in [3.63, 3.8) is 0 Å². The van der Waals surface area contributed by atoms with E-state index in [1.54, 1.807) is 29.5 Å². The van der Waals surface area contributed by atoms with Gasteiger partial charge in [0, 0.05) is 40.2 Å². The fraction of sp³-hybridized carbons (Fsp3) is 0.269. The van der Waals surface area contributed by atoms with Crippen LogP contribution in [-0.2, 0) is 4.74 Å². The highest BCUT2D eigenvalue weighted by molar-refractivity contribution is 7.10. The molecule has 5 rings (SSSR count). The molecular formula is C26H27N5O3S. The summed E-state index contributed by atoms with van der Waals surface area (Å²) in [5.41, 5.74) is 2.86. The number of carbonyl (C=O) groups excluding carboxylic acids is 2. The molecule has 3 heterocycles. The number of thiophene rings is 1. The van der Waals surface area contributed by atoms with Crippen molar-refractivity contribution in [2.24, 2.45) is 0 Å². The first-order valence-electron chi connectivity index (χ1n) is 11.7. The Labute approximate surface area is 207 Å². The van der Waals surface area contributed by atoms with E-state index >= 15 is 0 Å². The smallest absolute Gasteiger partial charge is 0.256 e. The van der Waals surface area contributed by atoms with Crippen LogP contribution in [0, 0.1) is 0 Å². The first-order valence-corrected chi connectivity index (χ1v) is 12.6. The van der Waals surface area contributed by atoms with Crippen LogP contribution in [0.4, 0.5) is 11.5 Å². The van der Waals surface area contributed by atoms with Crippen LogP contribution in [0.5, 0.6) is 0 Å². The Hall–Kier alpha value is -3.69. The summed E-state index contributed by atoms with van der Waals surface area (Å²) in [6.07, 6.45) is 0.797. The number of amides is 2. The number of carbonyl (C=O) groups is 2. The lowest BCUT2D eigenvalue weighted by Gasteiger charge is -2.28. The number of fused-ring (bicyclic) bond motifs is 1. The van der Waals surface area contributed by atoms with Crippen molar-refractivity contribution in [3.8, 4) is 0 Å². The quantitative estimate of drug-likeness (QED) is 0.353. The largest absolute Gasteiger partial charge is 0.378 e. The summed E-state index contributed by atoms with van der Waals surface area (Å²) in [5.74, 6) is -0.0305. The van der Waals surface area contributed by atoms with Crippen LogP contribution in [0.3, 0.4) is 0 Å². The molecule has 2 aromatic heterocycles. The number of H-pyrrole nitrogens is 1. The topological polar surface area (TPSA) is 99.3 Å². The molecule has 1 aliphatic rings. The number of hydrogen-bond donors (Lipinski definition) is 3. The summed E-state index contributed by atoms with van der Waals surface area (Å²) in [7, 11) is 0. The monoisotopic (exact) mass is 489 g/mol. The summed E-state index contributed by atoms with van der Waals surface area (Å²) in [4.78, 5) is 29.2. The molecule has 0 saturated carbocycles. The molecule has 0 spiro atoms. The summed E-state index contributed by atoms with van der Waals surface area (Å²) in [6, 6.07) is 16.8.